The summed E-state index contributed by atoms with van der Waals surface area (Å²) < 4.78 is 10.3. The molecule has 2 atom stereocenters. The molecule has 2 aromatic carbocycles. The van der Waals surface area contributed by atoms with Crippen LogP contribution in [0.15, 0.2) is 60.7 Å². The van der Waals surface area contributed by atoms with Crippen molar-refractivity contribution in [3.05, 3.63) is 71.8 Å². The average molecular weight is 498 g/mol. The van der Waals surface area contributed by atoms with Crippen molar-refractivity contribution in [3.8, 4) is 0 Å². The van der Waals surface area contributed by atoms with Gasteiger partial charge in [-0.25, -0.2) is 14.4 Å². The van der Waals surface area contributed by atoms with Crippen LogP contribution in [0.4, 0.5) is 9.59 Å². The van der Waals surface area contributed by atoms with Crippen LogP contribution in [0.5, 0.6) is 0 Å². The van der Waals surface area contributed by atoms with Crippen LogP contribution in [0, 0.1) is 0 Å². The number of amides is 3. The number of ether oxygens (including phenoxy) is 2. The molecule has 0 bridgehead atoms. The minimum atomic E-state index is -0.968. The molecule has 0 saturated carbocycles. The van der Waals surface area contributed by atoms with Gasteiger partial charge in [0.15, 0.2) is 0 Å². The average Bonchev–Trinajstić information content (AvgIpc) is 3.58. The molecule has 10 heteroatoms. The lowest BCUT2D eigenvalue weighted by Gasteiger charge is -2.21. The molecule has 3 N–H and O–H groups in total. The smallest absolute Gasteiger partial charge is 0.410 e. The number of likely N-dealkylation sites (tertiary alicyclic amines) is 2. The first-order valence-corrected chi connectivity index (χ1v) is 11.8. The summed E-state index contributed by atoms with van der Waals surface area (Å²) in [6.07, 6.45) is 1.58. The molecule has 192 valence electrons. The Kier molecular flexibility index (Phi) is 9.67. The minimum absolute atomic E-state index is 0.169. The Labute approximate surface area is 209 Å². The van der Waals surface area contributed by atoms with Gasteiger partial charge in [-0.15, -0.1) is 0 Å². The van der Waals surface area contributed by atoms with Crippen LogP contribution in [0.1, 0.15) is 36.8 Å². The molecule has 0 unspecified atom stereocenters. The zero-order chi connectivity index (χ0) is 25.9. The standard InChI is InChI=1S/C13H16N2O3.C13H15NO4/c14-12(16)11-7-4-8-15(11)13(17)18-9-10-5-2-1-3-6-10;15-12(16)11-7-4-8-14(11)13(17)18-9-10-5-2-1-3-6-10/h1-3,5-6,11H,4,7-9H2,(H2,14,16);1-3,5-6,11H,4,7-9H2,(H,15,16)/t2*11-/m00/s1. The minimum Gasteiger partial charge on any atom is -0.480 e. The Morgan fingerprint density at radius 1 is 0.750 bits per heavy atom. The van der Waals surface area contributed by atoms with Crippen molar-refractivity contribution in [2.24, 2.45) is 5.73 Å². The number of carboxylic acid groups (broad SMARTS) is 1. The number of hydrogen-bond donors (Lipinski definition) is 2. The molecule has 2 fully saturated rings. The summed E-state index contributed by atoms with van der Waals surface area (Å²) in [5, 5.41) is 8.97. The van der Waals surface area contributed by atoms with Crippen LogP contribution in [-0.2, 0) is 32.3 Å². The predicted octanol–water partition coefficient (Wildman–Crippen LogP) is 3.15. The van der Waals surface area contributed by atoms with Crippen molar-refractivity contribution in [2.45, 2.75) is 51.0 Å². The van der Waals surface area contributed by atoms with Gasteiger partial charge in [-0.05, 0) is 36.8 Å². The summed E-state index contributed by atoms with van der Waals surface area (Å²) in [4.78, 5) is 48.4. The first-order chi connectivity index (χ1) is 17.4. The molecule has 2 aromatic rings. The molecule has 0 aliphatic carbocycles. The van der Waals surface area contributed by atoms with Gasteiger partial charge in [0.1, 0.15) is 25.3 Å². The van der Waals surface area contributed by atoms with Crippen molar-refractivity contribution < 1.29 is 33.8 Å². The molecule has 0 radical (unpaired) electrons. The number of nitrogens with zero attached hydrogens (tertiary/aromatic N) is 2. The molecule has 2 aliphatic heterocycles. The van der Waals surface area contributed by atoms with E-state index in [1.165, 1.54) is 9.80 Å². The van der Waals surface area contributed by atoms with Crippen molar-refractivity contribution in [1.29, 1.82) is 0 Å². The highest BCUT2D eigenvalue weighted by Gasteiger charge is 2.35. The summed E-state index contributed by atoms with van der Waals surface area (Å²) in [5.41, 5.74) is 7.05. The molecule has 2 aliphatic rings. The van der Waals surface area contributed by atoms with Crippen molar-refractivity contribution in [3.63, 3.8) is 0 Å². The maximum atomic E-state index is 11.8. The highest BCUT2D eigenvalue weighted by atomic mass is 16.6. The van der Waals surface area contributed by atoms with Gasteiger partial charge >= 0.3 is 18.2 Å². The fourth-order valence-electron chi connectivity index (χ4n) is 4.13. The Bertz CT molecular complexity index is 949. The summed E-state index contributed by atoms with van der Waals surface area (Å²) in [7, 11) is 0. The van der Waals surface area contributed by atoms with Crippen LogP contribution in [-0.4, -0.2) is 64.1 Å². The van der Waals surface area contributed by atoms with E-state index in [4.69, 9.17) is 20.3 Å². The van der Waals surface area contributed by atoms with E-state index in [1.54, 1.807) is 0 Å². The van der Waals surface area contributed by atoms with E-state index in [1.807, 2.05) is 60.7 Å². The molecular weight excluding hydrogens is 466 g/mol. The second kappa shape index (κ2) is 13.1. The van der Waals surface area contributed by atoms with Gasteiger partial charge in [0.2, 0.25) is 5.91 Å². The largest absolute Gasteiger partial charge is 0.480 e. The van der Waals surface area contributed by atoms with Gasteiger partial charge in [0, 0.05) is 13.1 Å². The van der Waals surface area contributed by atoms with Gasteiger partial charge in [0.25, 0.3) is 0 Å². The zero-order valence-electron chi connectivity index (χ0n) is 20.0. The van der Waals surface area contributed by atoms with Gasteiger partial charge < -0.3 is 20.3 Å². The number of rotatable bonds is 6. The molecule has 0 spiro atoms. The molecule has 0 aromatic heterocycles. The predicted molar refractivity (Wildman–Crippen MR) is 130 cm³/mol. The lowest BCUT2D eigenvalue weighted by molar-refractivity contribution is -0.141. The van der Waals surface area contributed by atoms with Crippen LogP contribution in [0.25, 0.3) is 0 Å². The quantitative estimate of drug-likeness (QED) is 0.625. The van der Waals surface area contributed by atoms with Crippen LogP contribution < -0.4 is 5.73 Å². The molecule has 36 heavy (non-hydrogen) atoms. The molecule has 4 rings (SSSR count). The highest BCUT2D eigenvalue weighted by Crippen LogP contribution is 2.19. The Morgan fingerprint density at radius 3 is 1.58 bits per heavy atom. The second-order valence-electron chi connectivity index (χ2n) is 8.52. The fourth-order valence-corrected chi connectivity index (χ4v) is 4.13. The van der Waals surface area contributed by atoms with E-state index >= 15 is 0 Å². The molecule has 2 heterocycles. The number of primary amides is 1. The normalized spacial score (nSPS) is 18.7. The van der Waals surface area contributed by atoms with E-state index < -0.39 is 36.1 Å². The number of benzene rings is 2. The van der Waals surface area contributed by atoms with Crippen molar-refractivity contribution in [2.75, 3.05) is 13.1 Å². The molecule has 10 nitrogen and oxygen atoms in total. The van der Waals surface area contributed by atoms with Gasteiger partial charge in [-0.1, -0.05) is 60.7 Å². The maximum Gasteiger partial charge on any atom is 0.410 e. The summed E-state index contributed by atoms with van der Waals surface area (Å²) in [6, 6.07) is 17.5. The topological polar surface area (TPSA) is 139 Å². The molecular formula is C26H31N3O7. The Morgan fingerprint density at radius 2 is 1.17 bits per heavy atom. The highest BCUT2D eigenvalue weighted by molar-refractivity contribution is 5.84. The third-order valence-corrected chi connectivity index (χ3v) is 6.00. The first kappa shape index (κ1) is 26.5. The van der Waals surface area contributed by atoms with E-state index in [0.29, 0.717) is 32.4 Å². The van der Waals surface area contributed by atoms with Crippen LogP contribution in [0.2, 0.25) is 0 Å². The van der Waals surface area contributed by atoms with Gasteiger partial charge in [0.05, 0.1) is 0 Å². The van der Waals surface area contributed by atoms with E-state index in [2.05, 4.69) is 0 Å². The summed E-state index contributed by atoms with van der Waals surface area (Å²) >= 11 is 0. The molecule has 3 amide bonds. The Hall–Kier alpha value is -4.08. The fraction of sp³-hybridized carbons (Fsp3) is 0.385. The lowest BCUT2D eigenvalue weighted by Crippen LogP contribution is -2.43. The third kappa shape index (κ3) is 7.46. The van der Waals surface area contributed by atoms with Gasteiger partial charge in [-0.2, -0.15) is 0 Å². The Balaban J connectivity index is 0.000000201. The van der Waals surface area contributed by atoms with Crippen LogP contribution >= 0.6 is 0 Å². The third-order valence-electron chi connectivity index (χ3n) is 6.00. The SMILES string of the molecule is NC(=O)[C@@H]1CCCN1C(=O)OCc1ccccc1.O=C(O)[C@@H]1CCCN1C(=O)OCc1ccccc1. The van der Waals surface area contributed by atoms with Crippen molar-refractivity contribution >= 4 is 24.1 Å². The number of nitrogens with two attached hydrogens (primary N) is 1. The maximum absolute atomic E-state index is 11.8. The number of hydrogen-bond acceptors (Lipinski definition) is 6. The van der Waals surface area contributed by atoms with E-state index in [9.17, 15) is 19.2 Å². The number of carboxylic acids is 1. The lowest BCUT2D eigenvalue weighted by atomic mass is 10.2. The van der Waals surface area contributed by atoms with Gasteiger partial charge in [-0.3, -0.25) is 14.6 Å². The number of aliphatic carboxylic acids is 1. The monoisotopic (exact) mass is 497 g/mol. The second-order valence-corrected chi connectivity index (χ2v) is 8.52. The van der Waals surface area contributed by atoms with E-state index in [-0.39, 0.29) is 13.2 Å². The zero-order valence-corrected chi connectivity index (χ0v) is 20.0. The summed E-state index contributed by atoms with van der Waals surface area (Å²) in [6.45, 7) is 1.36. The number of carbonyl (C=O) groups excluding carboxylic acids is 3. The number of carbonyl (C=O) groups is 4. The van der Waals surface area contributed by atoms with Crippen molar-refractivity contribution in [1.82, 2.24) is 9.80 Å². The van der Waals surface area contributed by atoms with E-state index in [0.717, 1.165) is 17.5 Å². The molecule has 2 saturated heterocycles. The van der Waals surface area contributed by atoms with Crippen LogP contribution in [0.3, 0.4) is 0 Å². The summed E-state index contributed by atoms with van der Waals surface area (Å²) in [5.74, 6) is -1.44. The first-order valence-electron chi connectivity index (χ1n) is 11.8.